The van der Waals surface area contributed by atoms with E-state index in [2.05, 4.69) is 10.2 Å². The first-order valence-electron chi connectivity index (χ1n) is 6.91. The molecule has 0 aliphatic carbocycles. The Kier molecular flexibility index (Phi) is 2.96. The fourth-order valence-corrected chi connectivity index (χ4v) is 2.64. The van der Waals surface area contributed by atoms with Gasteiger partial charge in [-0.2, -0.15) is 0 Å². The Hall–Kier alpha value is -2.95. The number of hydrogen-bond donors (Lipinski definition) is 0. The van der Waals surface area contributed by atoms with Gasteiger partial charge in [-0.15, -0.1) is 10.2 Å². The average Bonchev–Trinajstić information content (AvgIpc) is 3.17. The highest BCUT2D eigenvalue weighted by atomic mass is 19.1. The highest BCUT2D eigenvalue weighted by Gasteiger charge is 2.15. The number of hydrogen-bond acceptors (Lipinski definition) is 3. The second kappa shape index (κ2) is 5.11. The first-order chi connectivity index (χ1) is 10.8. The van der Waals surface area contributed by atoms with Crippen molar-refractivity contribution in [1.82, 2.24) is 14.8 Å². The van der Waals surface area contributed by atoms with Crippen LogP contribution in [0.15, 0.2) is 65.4 Å². The van der Waals surface area contributed by atoms with Crippen molar-refractivity contribution in [3.63, 3.8) is 0 Å². The van der Waals surface area contributed by atoms with Crippen LogP contribution in [0.3, 0.4) is 0 Å². The molecule has 0 N–H and O–H groups in total. The van der Waals surface area contributed by atoms with Gasteiger partial charge in [0.1, 0.15) is 11.5 Å². The summed E-state index contributed by atoms with van der Waals surface area (Å²) in [6.07, 6.45) is 1.29. The van der Waals surface area contributed by atoms with E-state index in [1.54, 1.807) is 12.1 Å². The topological polar surface area (TPSA) is 43.9 Å². The van der Waals surface area contributed by atoms with Crippen LogP contribution in [-0.2, 0) is 6.54 Å². The molecule has 0 amide bonds. The number of aromatic nitrogens is 3. The molecule has 0 saturated carbocycles. The SMILES string of the molecule is Fc1ccccc1Cn1c(-c2nnco2)cc2ccccc21. The normalized spacial score (nSPS) is 11.1. The van der Waals surface area contributed by atoms with E-state index >= 15 is 0 Å². The molecule has 0 saturated heterocycles. The van der Waals surface area contributed by atoms with Crippen molar-refractivity contribution < 1.29 is 8.81 Å². The molecular weight excluding hydrogens is 281 g/mol. The second-order valence-electron chi connectivity index (χ2n) is 5.01. The van der Waals surface area contributed by atoms with Crippen LogP contribution in [0.5, 0.6) is 0 Å². The van der Waals surface area contributed by atoms with Gasteiger partial charge in [-0.05, 0) is 18.2 Å². The highest BCUT2D eigenvalue weighted by molar-refractivity contribution is 5.85. The molecule has 0 bridgehead atoms. The second-order valence-corrected chi connectivity index (χ2v) is 5.01. The van der Waals surface area contributed by atoms with Crippen molar-refractivity contribution in [1.29, 1.82) is 0 Å². The lowest BCUT2D eigenvalue weighted by molar-refractivity contribution is 0.560. The number of para-hydroxylation sites is 1. The molecule has 0 spiro atoms. The van der Waals surface area contributed by atoms with E-state index in [1.807, 2.05) is 41.0 Å². The van der Waals surface area contributed by atoms with Gasteiger partial charge in [0.05, 0.1) is 6.54 Å². The van der Waals surface area contributed by atoms with Gasteiger partial charge in [0.15, 0.2) is 0 Å². The maximum absolute atomic E-state index is 14.0. The Labute approximate surface area is 125 Å². The fraction of sp³-hybridized carbons (Fsp3) is 0.0588. The molecule has 0 aliphatic heterocycles. The van der Waals surface area contributed by atoms with Crippen LogP contribution in [0.25, 0.3) is 22.5 Å². The van der Waals surface area contributed by atoms with Gasteiger partial charge in [0.2, 0.25) is 6.39 Å². The van der Waals surface area contributed by atoms with Crippen molar-refractivity contribution in [2.75, 3.05) is 0 Å². The van der Waals surface area contributed by atoms with E-state index < -0.39 is 0 Å². The zero-order valence-corrected chi connectivity index (χ0v) is 11.6. The summed E-state index contributed by atoms with van der Waals surface area (Å²) >= 11 is 0. The van der Waals surface area contributed by atoms with E-state index in [0.29, 0.717) is 18.0 Å². The first kappa shape index (κ1) is 12.8. The third-order valence-corrected chi connectivity index (χ3v) is 3.68. The number of halogens is 1. The molecular formula is C17H12FN3O. The summed E-state index contributed by atoms with van der Waals surface area (Å²) in [7, 11) is 0. The predicted molar refractivity (Wildman–Crippen MR) is 80.7 cm³/mol. The van der Waals surface area contributed by atoms with E-state index in [-0.39, 0.29) is 5.82 Å². The maximum atomic E-state index is 14.0. The molecule has 0 fully saturated rings. The van der Waals surface area contributed by atoms with Gasteiger partial charge >= 0.3 is 0 Å². The van der Waals surface area contributed by atoms with Crippen LogP contribution in [-0.4, -0.2) is 14.8 Å². The lowest BCUT2D eigenvalue weighted by Crippen LogP contribution is -2.03. The largest absolute Gasteiger partial charge is 0.422 e. The smallest absolute Gasteiger partial charge is 0.264 e. The van der Waals surface area contributed by atoms with E-state index in [0.717, 1.165) is 16.6 Å². The predicted octanol–water partition coefficient (Wildman–Crippen LogP) is 3.88. The zero-order valence-electron chi connectivity index (χ0n) is 11.6. The Morgan fingerprint density at radius 1 is 1.05 bits per heavy atom. The average molecular weight is 293 g/mol. The van der Waals surface area contributed by atoms with Crippen LogP contribution in [0.1, 0.15) is 5.56 Å². The van der Waals surface area contributed by atoms with Crippen LogP contribution < -0.4 is 0 Å². The zero-order chi connectivity index (χ0) is 14.9. The molecule has 0 unspecified atom stereocenters. The van der Waals surface area contributed by atoms with Gasteiger partial charge in [0.25, 0.3) is 5.89 Å². The van der Waals surface area contributed by atoms with Crippen LogP contribution in [0.4, 0.5) is 4.39 Å². The van der Waals surface area contributed by atoms with Crippen LogP contribution >= 0.6 is 0 Å². The minimum atomic E-state index is -0.225. The van der Waals surface area contributed by atoms with E-state index in [1.165, 1.54) is 12.5 Å². The summed E-state index contributed by atoms with van der Waals surface area (Å²) < 4.78 is 21.3. The number of benzene rings is 2. The Bertz CT molecular complexity index is 928. The monoisotopic (exact) mass is 293 g/mol. The van der Waals surface area contributed by atoms with Crippen molar-refractivity contribution >= 4 is 10.9 Å². The molecule has 0 aliphatic rings. The van der Waals surface area contributed by atoms with E-state index in [4.69, 9.17) is 4.42 Å². The Morgan fingerprint density at radius 3 is 2.68 bits per heavy atom. The summed E-state index contributed by atoms with van der Waals surface area (Å²) in [5, 5.41) is 8.75. The molecule has 2 heterocycles. The standard InChI is InChI=1S/C17H12FN3O/c18-14-7-3-1-6-13(14)10-21-15-8-4-2-5-12(15)9-16(21)17-20-19-11-22-17/h1-9,11H,10H2. The van der Waals surface area contributed by atoms with Crippen molar-refractivity contribution in [3.8, 4) is 11.6 Å². The molecule has 4 aromatic rings. The van der Waals surface area contributed by atoms with Gasteiger partial charge in [-0.1, -0.05) is 36.4 Å². The lowest BCUT2D eigenvalue weighted by Gasteiger charge is -2.09. The number of rotatable bonds is 3. The van der Waals surface area contributed by atoms with Gasteiger partial charge in [-0.3, -0.25) is 0 Å². The molecule has 0 atom stereocenters. The summed E-state index contributed by atoms with van der Waals surface area (Å²) in [4.78, 5) is 0. The summed E-state index contributed by atoms with van der Waals surface area (Å²) in [6.45, 7) is 0.401. The molecule has 2 aromatic heterocycles. The molecule has 4 nitrogen and oxygen atoms in total. The molecule has 4 rings (SSSR count). The van der Waals surface area contributed by atoms with Crippen molar-refractivity contribution in [2.45, 2.75) is 6.54 Å². The third-order valence-electron chi connectivity index (χ3n) is 3.68. The van der Waals surface area contributed by atoms with Crippen molar-refractivity contribution in [2.24, 2.45) is 0 Å². The fourth-order valence-electron chi connectivity index (χ4n) is 2.64. The number of fused-ring (bicyclic) bond motifs is 1. The van der Waals surface area contributed by atoms with Gasteiger partial charge in [0, 0.05) is 16.5 Å². The third kappa shape index (κ3) is 2.07. The Morgan fingerprint density at radius 2 is 1.86 bits per heavy atom. The lowest BCUT2D eigenvalue weighted by atomic mass is 10.2. The number of nitrogens with zero attached hydrogens (tertiary/aromatic N) is 3. The maximum Gasteiger partial charge on any atom is 0.264 e. The first-order valence-corrected chi connectivity index (χ1v) is 6.91. The van der Waals surface area contributed by atoms with Gasteiger partial charge in [-0.25, -0.2) is 4.39 Å². The molecule has 2 aromatic carbocycles. The highest BCUT2D eigenvalue weighted by Crippen LogP contribution is 2.28. The summed E-state index contributed by atoms with van der Waals surface area (Å²) in [6, 6.07) is 16.7. The molecule has 5 heteroatoms. The Balaban J connectivity index is 1.91. The van der Waals surface area contributed by atoms with Crippen LogP contribution in [0, 0.1) is 5.82 Å². The minimum absolute atomic E-state index is 0.225. The van der Waals surface area contributed by atoms with E-state index in [9.17, 15) is 4.39 Å². The molecule has 108 valence electrons. The summed E-state index contributed by atoms with van der Waals surface area (Å²) in [5.41, 5.74) is 2.39. The van der Waals surface area contributed by atoms with Crippen molar-refractivity contribution in [3.05, 3.63) is 72.4 Å². The summed E-state index contributed by atoms with van der Waals surface area (Å²) in [5.74, 6) is 0.198. The van der Waals surface area contributed by atoms with Gasteiger partial charge < -0.3 is 8.98 Å². The quantitative estimate of drug-likeness (QED) is 0.576. The molecule has 22 heavy (non-hydrogen) atoms. The minimum Gasteiger partial charge on any atom is -0.422 e. The molecule has 0 radical (unpaired) electrons. The van der Waals surface area contributed by atoms with Crippen LogP contribution in [0.2, 0.25) is 0 Å².